The number of hydrogen-bond donors (Lipinski definition) is 1. The van der Waals surface area contributed by atoms with Crippen molar-refractivity contribution in [1.29, 1.82) is 0 Å². The molecule has 0 saturated carbocycles. The number of hydrogen-bond acceptors (Lipinski definition) is 4. The van der Waals surface area contributed by atoms with Gasteiger partial charge in [0.2, 0.25) is 11.8 Å². The van der Waals surface area contributed by atoms with Crippen molar-refractivity contribution in [2.24, 2.45) is 0 Å². The molecule has 4 nitrogen and oxygen atoms in total. The van der Waals surface area contributed by atoms with Crippen LogP contribution in [0.15, 0.2) is 0 Å². The Bertz CT molecular complexity index is 334. The lowest BCUT2D eigenvalue weighted by Gasteiger charge is -2.19. The van der Waals surface area contributed by atoms with Gasteiger partial charge in [0.15, 0.2) is 0 Å². The summed E-state index contributed by atoms with van der Waals surface area (Å²) < 4.78 is 35.6. The van der Waals surface area contributed by atoms with Crippen molar-refractivity contribution in [2.45, 2.75) is 37.9 Å². The standard InChI is InChI=1S/C10H15F3N2O2S/c1-6(2)15-8(16)5-7(9(15)17)14-3-4-18-10(11,12)13/h6-7,14H,3-5H2,1-2H3. The number of thioether (sulfide) groups is 1. The topological polar surface area (TPSA) is 49.4 Å². The van der Waals surface area contributed by atoms with E-state index in [0.717, 1.165) is 4.90 Å². The van der Waals surface area contributed by atoms with E-state index in [-0.39, 0.29) is 48.3 Å². The Hall–Kier alpha value is -0.760. The van der Waals surface area contributed by atoms with Crippen molar-refractivity contribution in [2.75, 3.05) is 12.3 Å². The predicted molar refractivity (Wildman–Crippen MR) is 61.9 cm³/mol. The third kappa shape index (κ3) is 4.16. The summed E-state index contributed by atoms with van der Waals surface area (Å²) in [6, 6.07) is -0.907. The molecule has 1 atom stereocenters. The van der Waals surface area contributed by atoms with Gasteiger partial charge in [-0.2, -0.15) is 13.2 Å². The lowest BCUT2D eigenvalue weighted by Crippen LogP contribution is -2.42. The summed E-state index contributed by atoms with van der Waals surface area (Å²) in [5.41, 5.74) is -4.26. The van der Waals surface area contributed by atoms with Gasteiger partial charge in [-0.05, 0) is 25.6 Å². The zero-order chi connectivity index (χ0) is 13.9. The van der Waals surface area contributed by atoms with Crippen LogP contribution in [-0.2, 0) is 9.59 Å². The number of imide groups is 1. The molecule has 1 rings (SSSR count). The van der Waals surface area contributed by atoms with Crippen LogP contribution < -0.4 is 5.32 Å². The monoisotopic (exact) mass is 284 g/mol. The van der Waals surface area contributed by atoms with Crippen molar-refractivity contribution in [3.8, 4) is 0 Å². The van der Waals surface area contributed by atoms with Crippen LogP contribution in [-0.4, -0.2) is 46.6 Å². The molecule has 1 saturated heterocycles. The molecule has 0 aromatic heterocycles. The highest BCUT2D eigenvalue weighted by molar-refractivity contribution is 8.00. The fraction of sp³-hybridized carbons (Fsp3) is 0.800. The predicted octanol–water partition coefficient (Wildman–Crippen LogP) is 1.36. The zero-order valence-corrected chi connectivity index (χ0v) is 10.9. The maximum Gasteiger partial charge on any atom is 0.441 e. The second-order valence-electron chi connectivity index (χ2n) is 4.20. The van der Waals surface area contributed by atoms with Crippen molar-refractivity contribution in [3.05, 3.63) is 0 Å². The van der Waals surface area contributed by atoms with E-state index in [1.165, 1.54) is 0 Å². The van der Waals surface area contributed by atoms with Crippen LogP contribution in [0.1, 0.15) is 20.3 Å². The Labute approximate surface area is 107 Å². The van der Waals surface area contributed by atoms with Crippen LogP contribution in [0, 0.1) is 0 Å². The van der Waals surface area contributed by atoms with Crippen LogP contribution in [0.2, 0.25) is 0 Å². The summed E-state index contributed by atoms with van der Waals surface area (Å²) in [7, 11) is 0. The van der Waals surface area contributed by atoms with Gasteiger partial charge in [0.05, 0.1) is 12.5 Å². The molecule has 1 heterocycles. The van der Waals surface area contributed by atoms with E-state index in [9.17, 15) is 22.8 Å². The van der Waals surface area contributed by atoms with E-state index < -0.39 is 11.6 Å². The summed E-state index contributed by atoms with van der Waals surface area (Å²) in [5.74, 6) is -0.814. The minimum atomic E-state index is -4.26. The van der Waals surface area contributed by atoms with Gasteiger partial charge in [-0.25, -0.2) is 0 Å². The summed E-state index contributed by atoms with van der Waals surface area (Å²) in [6.07, 6.45) is 0.0215. The molecule has 8 heteroatoms. The molecule has 0 aromatic rings. The molecule has 0 aliphatic carbocycles. The minimum Gasteiger partial charge on any atom is -0.305 e. The summed E-state index contributed by atoms with van der Waals surface area (Å²) >= 11 is -0.146. The molecule has 1 fully saturated rings. The molecular weight excluding hydrogens is 269 g/mol. The molecule has 1 aliphatic heterocycles. The largest absolute Gasteiger partial charge is 0.441 e. The van der Waals surface area contributed by atoms with Crippen LogP contribution in [0.25, 0.3) is 0 Å². The minimum absolute atomic E-state index is 0.0215. The van der Waals surface area contributed by atoms with Crippen LogP contribution in [0.3, 0.4) is 0 Å². The highest BCUT2D eigenvalue weighted by Gasteiger charge is 2.39. The van der Waals surface area contributed by atoms with Crippen molar-refractivity contribution in [3.63, 3.8) is 0 Å². The van der Waals surface area contributed by atoms with Crippen LogP contribution in [0.5, 0.6) is 0 Å². The zero-order valence-electron chi connectivity index (χ0n) is 10.1. The second kappa shape index (κ2) is 5.92. The van der Waals surface area contributed by atoms with E-state index in [2.05, 4.69) is 5.32 Å². The fourth-order valence-corrected chi connectivity index (χ4v) is 2.20. The smallest absolute Gasteiger partial charge is 0.305 e. The molecule has 104 valence electrons. The van der Waals surface area contributed by atoms with Crippen LogP contribution >= 0.6 is 11.8 Å². The quantitative estimate of drug-likeness (QED) is 0.612. The number of nitrogens with one attached hydrogen (secondary N) is 1. The lowest BCUT2D eigenvalue weighted by atomic mass is 10.2. The Morgan fingerprint density at radius 1 is 1.44 bits per heavy atom. The average Bonchev–Trinajstić information content (AvgIpc) is 2.47. The average molecular weight is 284 g/mol. The highest BCUT2D eigenvalue weighted by Crippen LogP contribution is 2.29. The number of carbonyl (C=O) groups excluding carboxylic acids is 2. The fourth-order valence-electron chi connectivity index (χ4n) is 1.75. The van der Waals surface area contributed by atoms with E-state index in [1.807, 2.05) is 0 Å². The van der Waals surface area contributed by atoms with Gasteiger partial charge in [-0.3, -0.25) is 14.5 Å². The maximum absolute atomic E-state index is 11.9. The van der Waals surface area contributed by atoms with E-state index in [4.69, 9.17) is 0 Å². The first kappa shape index (κ1) is 15.3. The summed E-state index contributed by atoms with van der Waals surface area (Å²) in [6.45, 7) is 3.48. The van der Waals surface area contributed by atoms with Gasteiger partial charge in [0.25, 0.3) is 0 Å². The molecule has 0 bridgehead atoms. The Kier molecular flexibility index (Phi) is 5.03. The first-order chi connectivity index (χ1) is 8.22. The summed E-state index contributed by atoms with van der Waals surface area (Å²) in [4.78, 5) is 24.4. The van der Waals surface area contributed by atoms with Gasteiger partial charge in [-0.15, -0.1) is 0 Å². The molecule has 0 spiro atoms. The Morgan fingerprint density at radius 2 is 2.06 bits per heavy atom. The van der Waals surface area contributed by atoms with Gasteiger partial charge in [0.1, 0.15) is 0 Å². The molecule has 18 heavy (non-hydrogen) atoms. The van der Waals surface area contributed by atoms with Gasteiger partial charge < -0.3 is 5.32 Å². The first-order valence-electron chi connectivity index (χ1n) is 5.52. The maximum atomic E-state index is 11.9. The number of amides is 2. The molecule has 0 aromatic carbocycles. The number of alkyl halides is 3. The van der Waals surface area contributed by atoms with Crippen molar-refractivity contribution in [1.82, 2.24) is 10.2 Å². The lowest BCUT2D eigenvalue weighted by molar-refractivity contribution is -0.140. The molecule has 2 amide bonds. The van der Waals surface area contributed by atoms with E-state index in [1.54, 1.807) is 13.8 Å². The molecule has 1 unspecified atom stereocenters. The Balaban J connectivity index is 2.37. The van der Waals surface area contributed by atoms with E-state index >= 15 is 0 Å². The number of halogens is 3. The number of carbonyl (C=O) groups is 2. The second-order valence-corrected chi connectivity index (χ2v) is 5.36. The molecular formula is C10H15F3N2O2S. The normalized spacial score (nSPS) is 21.2. The third-order valence-electron chi connectivity index (χ3n) is 2.46. The van der Waals surface area contributed by atoms with E-state index in [0.29, 0.717) is 0 Å². The van der Waals surface area contributed by atoms with Gasteiger partial charge in [-0.1, -0.05) is 0 Å². The molecule has 1 aliphatic rings. The Morgan fingerprint density at radius 3 is 2.50 bits per heavy atom. The van der Waals surface area contributed by atoms with Crippen LogP contribution in [0.4, 0.5) is 13.2 Å². The molecule has 0 radical (unpaired) electrons. The number of nitrogens with zero attached hydrogens (tertiary/aromatic N) is 1. The summed E-state index contributed by atoms with van der Waals surface area (Å²) in [5, 5.41) is 2.69. The van der Waals surface area contributed by atoms with Gasteiger partial charge >= 0.3 is 5.51 Å². The van der Waals surface area contributed by atoms with Crippen molar-refractivity contribution < 1.29 is 22.8 Å². The third-order valence-corrected chi connectivity index (χ3v) is 3.19. The van der Waals surface area contributed by atoms with Gasteiger partial charge in [0, 0.05) is 18.3 Å². The first-order valence-corrected chi connectivity index (χ1v) is 6.51. The SMILES string of the molecule is CC(C)N1C(=O)CC(NCCSC(F)(F)F)C1=O. The number of rotatable bonds is 5. The number of likely N-dealkylation sites (tertiary alicyclic amines) is 1. The highest BCUT2D eigenvalue weighted by atomic mass is 32.2. The van der Waals surface area contributed by atoms with Crippen molar-refractivity contribution >= 4 is 23.6 Å². The molecule has 1 N–H and O–H groups in total.